The summed E-state index contributed by atoms with van der Waals surface area (Å²) in [5.41, 5.74) is 6.62. The van der Waals surface area contributed by atoms with Gasteiger partial charge in [-0.25, -0.2) is 0 Å². The van der Waals surface area contributed by atoms with Crippen LogP contribution < -0.4 is 19.9 Å². The Hall–Kier alpha value is -1.66. The van der Waals surface area contributed by atoms with Crippen LogP contribution in [0.4, 0.5) is 0 Å². The molecule has 1 heterocycles. The maximum atomic E-state index is 13.1. The number of amides is 1. The molecule has 0 radical (unpaired) electrons. The maximum absolute atomic E-state index is 13.1. The minimum absolute atomic E-state index is 0. The largest absolute Gasteiger partial charge is 0.490 e. The summed E-state index contributed by atoms with van der Waals surface area (Å²) >= 11 is 0. The molecule has 2 N–H and O–H groups in total. The van der Waals surface area contributed by atoms with Crippen LogP contribution in [0.15, 0.2) is 12.1 Å². The van der Waals surface area contributed by atoms with Crippen LogP contribution in [-0.2, 0) is 0 Å². The first-order chi connectivity index (χ1) is 12.5. The number of nitrogens with two attached hydrogens (primary N) is 1. The summed E-state index contributed by atoms with van der Waals surface area (Å²) in [5, 5.41) is 0. The molecule has 154 valence electrons. The number of hydrogen-bond acceptors (Lipinski definition) is 5. The van der Waals surface area contributed by atoms with Gasteiger partial charge in [-0.2, -0.15) is 0 Å². The molecule has 2 atom stereocenters. The van der Waals surface area contributed by atoms with E-state index in [1.54, 1.807) is 12.1 Å². The SMILES string of the molecule is CCOc1cc(C(=O)N2CCCC(C(C)N)C2)cc(OCC)c1OCC.Cl. The standard InChI is InChI=1S/C20H32N2O4.ClH/c1-5-24-17-11-16(12-18(25-6-2)19(17)26-7-3)20(23)22-10-8-9-15(13-22)14(4)21;/h11-12,14-15H,5-10,13,21H2,1-4H3;1H. The van der Waals surface area contributed by atoms with Crippen molar-refractivity contribution >= 4 is 18.3 Å². The number of rotatable bonds is 8. The second-order valence-corrected chi connectivity index (χ2v) is 6.61. The number of halogens is 1. The molecule has 1 aliphatic rings. The zero-order valence-electron chi connectivity index (χ0n) is 16.8. The van der Waals surface area contributed by atoms with Gasteiger partial charge < -0.3 is 24.8 Å². The summed E-state index contributed by atoms with van der Waals surface area (Å²) in [6, 6.07) is 3.60. The third kappa shape index (κ3) is 5.91. The number of ether oxygens (including phenoxy) is 3. The summed E-state index contributed by atoms with van der Waals surface area (Å²) in [6.07, 6.45) is 2.05. The third-order valence-electron chi connectivity index (χ3n) is 4.64. The molecule has 1 fully saturated rings. The highest BCUT2D eigenvalue weighted by Crippen LogP contribution is 2.39. The number of hydrogen-bond donors (Lipinski definition) is 1. The number of carbonyl (C=O) groups is 1. The molecule has 1 aromatic carbocycles. The van der Waals surface area contributed by atoms with Crippen molar-refractivity contribution in [3.63, 3.8) is 0 Å². The molecule has 1 amide bonds. The number of piperidine rings is 1. The van der Waals surface area contributed by atoms with Crippen molar-refractivity contribution in [2.75, 3.05) is 32.9 Å². The van der Waals surface area contributed by atoms with Crippen molar-refractivity contribution in [3.05, 3.63) is 17.7 Å². The Balaban J connectivity index is 0.00000364. The Morgan fingerprint density at radius 2 is 1.70 bits per heavy atom. The average molecular weight is 401 g/mol. The minimum Gasteiger partial charge on any atom is -0.490 e. The molecule has 0 bridgehead atoms. The van der Waals surface area contributed by atoms with E-state index in [4.69, 9.17) is 19.9 Å². The van der Waals surface area contributed by atoms with E-state index >= 15 is 0 Å². The van der Waals surface area contributed by atoms with Crippen molar-refractivity contribution in [2.45, 2.75) is 46.6 Å². The third-order valence-corrected chi connectivity index (χ3v) is 4.64. The first kappa shape index (κ1) is 23.4. The highest BCUT2D eigenvalue weighted by atomic mass is 35.5. The molecule has 2 unspecified atom stereocenters. The topological polar surface area (TPSA) is 74.0 Å². The van der Waals surface area contributed by atoms with Crippen LogP contribution in [0.3, 0.4) is 0 Å². The van der Waals surface area contributed by atoms with Crippen LogP contribution in [0.2, 0.25) is 0 Å². The lowest BCUT2D eigenvalue weighted by molar-refractivity contribution is 0.0660. The van der Waals surface area contributed by atoms with Gasteiger partial charge in [0.15, 0.2) is 11.5 Å². The normalized spacial score (nSPS) is 17.7. The molecule has 1 aliphatic heterocycles. The van der Waals surface area contributed by atoms with E-state index in [1.165, 1.54) is 0 Å². The Morgan fingerprint density at radius 1 is 1.15 bits per heavy atom. The van der Waals surface area contributed by atoms with E-state index in [2.05, 4.69) is 0 Å². The molecule has 1 saturated heterocycles. The summed E-state index contributed by atoms with van der Waals surface area (Å²) in [5.74, 6) is 1.97. The fourth-order valence-electron chi connectivity index (χ4n) is 3.32. The van der Waals surface area contributed by atoms with E-state index in [0.717, 1.165) is 19.4 Å². The Bertz CT molecular complexity index is 583. The van der Waals surface area contributed by atoms with Gasteiger partial charge in [-0.1, -0.05) is 0 Å². The van der Waals surface area contributed by atoms with E-state index in [9.17, 15) is 4.79 Å². The van der Waals surface area contributed by atoms with Gasteiger partial charge in [-0.15, -0.1) is 12.4 Å². The summed E-state index contributed by atoms with van der Waals surface area (Å²) < 4.78 is 17.1. The van der Waals surface area contributed by atoms with Crippen molar-refractivity contribution in [3.8, 4) is 17.2 Å². The first-order valence-electron chi connectivity index (χ1n) is 9.63. The van der Waals surface area contributed by atoms with E-state index in [-0.39, 0.29) is 24.4 Å². The van der Waals surface area contributed by atoms with Gasteiger partial charge in [0, 0.05) is 24.7 Å². The number of benzene rings is 1. The van der Waals surface area contributed by atoms with Crippen LogP contribution in [0.5, 0.6) is 17.2 Å². The van der Waals surface area contributed by atoms with Crippen molar-refractivity contribution in [2.24, 2.45) is 11.7 Å². The van der Waals surface area contributed by atoms with Crippen molar-refractivity contribution in [1.82, 2.24) is 4.90 Å². The van der Waals surface area contributed by atoms with Gasteiger partial charge in [0.1, 0.15) is 0 Å². The smallest absolute Gasteiger partial charge is 0.254 e. The molecule has 0 spiro atoms. The van der Waals surface area contributed by atoms with Gasteiger partial charge in [-0.3, -0.25) is 4.79 Å². The predicted octanol–water partition coefficient (Wildman–Crippen LogP) is 3.50. The number of nitrogens with zero attached hydrogens (tertiary/aromatic N) is 1. The number of likely N-dealkylation sites (tertiary alicyclic amines) is 1. The van der Waals surface area contributed by atoms with Gasteiger partial charge in [0.2, 0.25) is 5.75 Å². The van der Waals surface area contributed by atoms with Gasteiger partial charge >= 0.3 is 0 Å². The number of carbonyl (C=O) groups excluding carboxylic acids is 1. The second kappa shape index (κ2) is 11.2. The molecule has 6 nitrogen and oxygen atoms in total. The minimum atomic E-state index is -0.0136. The van der Waals surface area contributed by atoms with Crippen molar-refractivity contribution in [1.29, 1.82) is 0 Å². The van der Waals surface area contributed by atoms with Gasteiger partial charge in [0.25, 0.3) is 5.91 Å². The molecule has 27 heavy (non-hydrogen) atoms. The fraction of sp³-hybridized carbons (Fsp3) is 0.650. The summed E-state index contributed by atoms with van der Waals surface area (Å²) in [7, 11) is 0. The molecule has 1 aromatic rings. The predicted molar refractivity (Wildman–Crippen MR) is 109 cm³/mol. The van der Waals surface area contributed by atoms with Gasteiger partial charge in [-0.05, 0) is 58.6 Å². The van der Waals surface area contributed by atoms with Crippen LogP contribution >= 0.6 is 12.4 Å². The fourth-order valence-corrected chi connectivity index (χ4v) is 3.32. The van der Waals surface area contributed by atoms with Crippen LogP contribution in [-0.4, -0.2) is 49.8 Å². The monoisotopic (exact) mass is 400 g/mol. The zero-order valence-corrected chi connectivity index (χ0v) is 17.6. The molecule has 0 aliphatic carbocycles. The molecular weight excluding hydrogens is 368 g/mol. The average Bonchev–Trinajstić information content (AvgIpc) is 2.64. The molecule has 2 rings (SSSR count). The Labute approximate surface area is 168 Å². The zero-order chi connectivity index (χ0) is 19.1. The maximum Gasteiger partial charge on any atom is 0.254 e. The van der Waals surface area contributed by atoms with Crippen LogP contribution in [0, 0.1) is 5.92 Å². The van der Waals surface area contributed by atoms with E-state index in [1.807, 2.05) is 32.6 Å². The summed E-state index contributed by atoms with van der Waals surface area (Å²) in [6.45, 7) is 10.6. The lowest BCUT2D eigenvalue weighted by atomic mass is 9.92. The van der Waals surface area contributed by atoms with E-state index < -0.39 is 0 Å². The molecule has 7 heteroatoms. The molecule has 0 aromatic heterocycles. The first-order valence-corrected chi connectivity index (χ1v) is 9.63. The van der Waals surface area contributed by atoms with Crippen LogP contribution in [0.1, 0.15) is 50.9 Å². The highest BCUT2D eigenvalue weighted by molar-refractivity contribution is 5.95. The van der Waals surface area contributed by atoms with Gasteiger partial charge in [0.05, 0.1) is 19.8 Å². The quantitative estimate of drug-likeness (QED) is 0.722. The van der Waals surface area contributed by atoms with Crippen molar-refractivity contribution < 1.29 is 19.0 Å². The van der Waals surface area contributed by atoms with E-state index in [0.29, 0.717) is 55.1 Å². The lowest BCUT2D eigenvalue weighted by Crippen LogP contribution is -2.45. The summed E-state index contributed by atoms with van der Waals surface area (Å²) in [4.78, 5) is 15.0. The lowest BCUT2D eigenvalue weighted by Gasteiger charge is -2.34. The highest BCUT2D eigenvalue weighted by Gasteiger charge is 2.28. The second-order valence-electron chi connectivity index (χ2n) is 6.61. The molecule has 0 saturated carbocycles. The Morgan fingerprint density at radius 3 is 2.19 bits per heavy atom. The Kier molecular flexibility index (Phi) is 9.74. The molecular formula is C20H33ClN2O4. The van der Waals surface area contributed by atoms with Crippen LogP contribution in [0.25, 0.3) is 0 Å².